The van der Waals surface area contributed by atoms with E-state index < -0.39 is 5.97 Å². The van der Waals surface area contributed by atoms with Crippen LogP contribution >= 0.6 is 23.1 Å². The summed E-state index contributed by atoms with van der Waals surface area (Å²) < 4.78 is 0. The minimum Gasteiger partial charge on any atom is -0.477 e. The normalized spacial score (nSPS) is 19.5. The molecule has 0 aromatic carbocycles. The smallest absolute Gasteiger partial charge is 0.352 e. The quantitative estimate of drug-likeness (QED) is 0.903. The van der Waals surface area contributed by atoms with Gasteiger partial charge in [0.05, 0.1) is 10.9 Å². The maximum atomic E-state index is 10.8. The van der Waals surface area contributed by atoms with Crippen LogP contribution in [0.4, 0.5) is 0 Å². The Hall–Kier alpha value is -1.27. The summed E-state index contributed by atoms with van der Waals surface area (Å²) >= 11 is 3.66. The second-order valence-corrected chi connectivity index (χ2v) is 6.73. The molecule has 0 bridgehead atoms. The summed E-state index contributed by atoms with van der Waals surface area (Å²) in [6.07, 6.45) is 5.49. The van der Waals surface area contributed by atoms with Gasteiger partial charge in [0.1, 0.15) is 10.7 Å². The molecule has 2 aromatic rings. The average molecular weight is 294 g/mol. The van der Waals surface area contributed by atoms with Crippen LogP contribution < -0.4 is 0 Å². The van der Waals surface area contributed by atoms with Crippen LogP contribution in [0.15, 0.2) is 17.6 Å². The second-order valence-electron chi connectivity index (χ2n) is 4.53. The number of carbonyl (C=O) groups is 1. The highest BCUT2D eigenvalue weighted by atomic mass is 32.2. The molecule has 0 aliphatic carbocycles. The maximum Gasteiger partial charge on any atom is 0.352 e. The van der Waals surface area contributed by atoms with E-state index in [1.54, 1.807) is 23.6 Å². The van der Waals surface area contributed by atoms with Crippen molar-refractivity contribution in [1.82, 2.24) is 9.97 Å². The molecule has 1 unspecified atom stereocenters. The van der Waals surface area contributed by atoms with Crippen molar-refractivity contribution in [2.75, 3.05) is 5.75 Å². The van der Waals surface area contributed by atoms with Crippen molar-refractivity contribution in [3.63, 3.8) is 0 Å². The zero-order valence-corrected chi connectivity index (χ0v) is 11.9. The fourth-order valence-electron chi connectivity index (χ4n) is 2.17. The Morgan fingerprint density at radius 1 is 1.47 bits per heavy atom. The number of hydrogen-bond donors (Lipinski definition) is 2. The Bertz CT molecular complexity index is 585. The molecule has 19 heavy (non-hydrogen) atoms. The van der Waals surface area contributed by atoms with Crippen LogP contribution in [0.3, 0.4) is 0 Å². The van der Waals surface area contributed by atoms with Crippen molar-refractivity contribution >= 4 is 29.1 Å². The molecule has 2 aromatic heterocycles. The first-order valence-electron chi connectivity index (χ1n) is 6.23. The van der Waals surface area contributed by atoms with Gasteiger partial charge in [0.2, 0.25) is 0 Å². The van der Waals surface area contributed by atoms with E-state index in [1.807, 2.05) is 17.1 Å². The third kappa shape index (κ3) is 2.69. The largest absolute Gasteiger partial charge is 0.477 e. The van der Waals surface area contributed by atoms with Crippen molar-refractivity contribution in [2.24, 2.45) is 0 Å². The Morgan fingerprint density at radius 3 is 3.05 bits per heavy atom. The molecule has 6 heteroatoms. The first kappa shape index (κ1) is 12.7. The van der Waals surface area contributed by atoms with Crippen molar-refractivity contribution < 1.29 is 9.90 Å². The lowest BCUT2D eigenvalue weighted by molar-refractivity contribution is 0.0691. The van der Waals surface area contributed by atoms with Gasteiger partial charge in [-0.25, -0.2) is 9.78 Å². The first-order chi connectivity index (χ1) is 9.24. The predicted molar refractivity (Wildman–Crippen MR) is 77.9 cm³/mol. The molecular formula is C13H14N2O2S2. The number of aromatic nitrogens is 2. The third-order valence-electron chi connectivity index (χ3n) is 3.19. The lowest BCUT2D eigenvalue weighted by atomic mass is 10.2. The number of hydrogen-bond acceptors (Lipinski definition) is 4. The highest BCUT2D eigenvalue weighted by Crippen LogP contribution is 2.40. The summed E-state index contributed by atoms with van der Waals surface area (Å²) in [4.78, 5) is 18.3. The number of thiazole rings is 1. The zero-order chi connectivity index (χ0) is 13.2. The molecule has 3 rings (SSSR count). The van der Waals surface area contributed by atoms with Gasteiger partial charge >= 0.3 is 5.97 Å². The minimum absolute atomic E-state index is 0.205. The van der Waals surface area contributed by atoms with Gasteiger partial charge in [-0.2, -0.15) is 11.8 Å². The number of nitrogens with one attached hydrogen (secondary N) is 1. The number of H-pyrrole nitrogens is 1. The molecule has 4 nitrogen and oxygen atoms in total. The Labute approximate surface area is 119 Å². The van der Waals surface area contributed by atoms with Gasteiger partial charge < -0.3 is 10.1 Å². The van der Waals surface area contributed by atoms with Gasteiger partial charge in [-0.1, -0.05) is 6.42 Å². The molecule has 1 aliphatic heterocycles. The number of carboxylic acid groups (broad SMARTS) is 1. The molecule has 1 atom stereocenters. The SMILES string of the molecule is O=C(O)c1cc(-c2csc(C3CCCCS3)n2)c[nH]1. The van der Waals surface area contributed by atoms with Gasteiger partial charge in [-0.3, -0.25) is 0 Å². The molecule has 1 saturated heterocycles. The van der Waals surface area contributed by atoms with E-state index in [-0.39, 0.29) is 5.69 Å². The van der Waals surface area contributed by atoms with E-state index >= 15 is 0 Å². The summed E-state index contributed by atoms with van der Waals surface area (Å²) in [5.74, 6) is 0.275. The summed E-state index contributed by atoms with van der Waals surface area (Å²) in [6, 6.07) is 1.63. The van der Waals surface area contributed by atoms with E-state index in [0.29, 0.717) is 5.25 Å². The van der Waals surface area contributed by atoms with Crippen LogP contribution in [0.5, 0.6) is 0 Å². The number of thioether (sulfide) groups is 1. The summed E-state index contributed by atoms with van der Waals surface area (Å²) in [5.41, 5.74) is 1.92. The number of aromatic carboxylic acids is 1. The van der Waals surface area contributed by atoms with Crippen LogP contribution in [-0.2, 0) is 0 Å². The van der Waals surface area contributed by atoms with Gasteiger partial charge in [0, 0.05) is 17.1 Å². The van der Waals surface area contributed by atoms with E-state index in [2.05, 4.69) is 9.97 Å². The molecule has 0 spiro atoms. The zero-order valence-electron chi connectivity index (χ0n) is 10.3. The van der Waals surface area contributed by atoms with Crippen LogP contribution in [-0.4, -0.2) is 26.8 Å². The van der Waals surface area contributed by atoms with E-state index in [0.717, 1.165) is 16.3 Å². The molecule has 3 heterocycles. The molecule has 1 aliphatic rings. The highest BCUT2D eigenvalue weighted by Gasteiger charge is 2.20. The van der Waals surface area contributed by atoms with Crippen LogP contribution in [0, 0.1) is 0 Å². The molecule has 0 amide bonds. The average Bonchev–Trinajstić information content (AvgIpc) is 3.09. The van der Waals surface area contributed by atoms with Gasteiger partial charge in [-0.15, -0.1) is 11.3 Å². The molecular weight excluding hydrogens is 280 g/mol. The van der Waals surface area contributed by atoms with Crippen molar-refractivity contribution in [3.05, 3.63) is 28.3 Å². The predicted octanol–water partition coefficient (Wildman–Crippen LogP) is 3.79. The minimum atomic E-state index is -0.940. The summed E-state index contributed by atoms with van der Waals surface area (Å²) in [7, 11) is 0. The third-order valence-corrected chi connectivity index (χ3v) is 5.68. The van der Waals surface area contributed by atoms with E-state index in [1.165, 1.54) is 25.0 Å². The molecule has 1 fully saturated rings. The Morgan fingerprint density at radius 2 is 2.37 bits per heavy atom. The lowest BCUT2D eigenvalue weighted by Gasteiger charge is -2.18. The molecule has 0 radical (unpaired) electrons. The summed E-state index contributed by atoms with van der Waals surface area (Å²) in [5, 5.41) is 12.6. The van der Waals surface area contributed by atoms with Crippen LogP contribution in [0.1, 0.15) is 40.0 Å². The van der Waals surface area contributed by atoms with E-state index in [9.17, 15) is 4.79 Å². The monoisotopic (exact) mass is 294 g/mol. The highest BCUT2D eigenvalue weighted by molar-refractivity contribution is 7.99. The lowest BCUT2D eigenvalue weighted by Crippen LogP contribution is -2.01. The van der Waals surface area contributed by atoms with E-state index in [4.69, 9.17) is 5.11 Å². The van der Waals surface area contributed by atoms with Crippen molar-refractivity contribution in [3.8, 4) is 11.3 Å². The Balaban J connectivity index is 1.81. The van der Waals surface area contributed by atoms with Gasteiger partial charge in [0.25, 0.3) is 0 Å². The standard InChI is InChI=1S/C13H14N2O2S2/c16-13(17)9-5-8(6-14-9)10-7-19-12(15-10)11-3-1-2-4-18-11/h5-7,11,14H,1-4H2,(H,16,17). The van der Waals surface area contributed by atoms with Crippen molar-refractivity contribution in [1.29, 1.82) is 0 Å². The number of rotatable bonds is 3. The van der Waals surface area contributed by atoms with Crippen molar-refractivity contribution in [2.45, 2.75) is 24.5 Å². The van der Waals surface area contributed by atoms with Gasteiger partial charge in [-0.05, 0) is 24.7 Å². The Kier molecular flexibility index (Phi) is 3.61. The maximum absolute atomic E-state index is 10.8. The fourth-order valence-corrected chi connectivity index (χ4v) is 4.57. The van der Waals surface area contributed by atoms with Gasteiger partial charge in [0.15, 0.2) is 0 Å². The molecule has 0 saturated carbocycles. The first-order valence-corrected chi connectivity index (χ1v) is 8.16. The van der Waals surface area contributed by atoms with Crippen LogP contribution in [0.2, 0.25) is 0 Å². The molecule has 100 valence electrons. The number of nitrogens with zero attached hydrogens (tertiary/aromatic N) is 1. The topological polar surface area (TPSA) is 66.0 Å². The number of aromatic amines is 1. The van der Waals surface area contributed by atoms with Crippen LogP contribution in [0.25, 0.3) is 11.3 Å². The number of carboxylic acids is 1. The summed E-state index contributed by atoms with van der Waals surface area (Å²) in [6.45, 7) is 0. The second kappa shape index (κ2) is 5.38. The fraction of sp³-hybridized carbons (Fsp3) is 0.385. The molecule has 2 N–H and O–H groups in total.